The van der Waals surface area contributed by atoms with Gasteiger partial charge in [0.2, 0.25) is 0 Å². The first-order valence-electron chi connectivity index (χ1n) is 14.7. The summed E-state index contributed by atoms with van der Waals surface area (Å²) in [5.41, 5.74) is 1.07. The van der Waals surface area contributed by atoms with Gasteiger partial charge in [0.25, 0.3) is 0 Å². The Labute approximate surface area is 232 Å². The van der Waals surface area contributed by atoms with Gasteiger partial charge in [0.05, 0.1) is 10.9 Å². The Morgan fingerprint density at radius 2 is 1.18 bits per heavy atom. The highest BCUT2D eigenvalue weighted by Gasteiger charge is 2.51. The summed E-state index contributed by atoms with van der Waals surface area (Å²) in [7, 11) is -0.0317. The molecule has 4 saturated carbocycles. The first-order valence-corrected chi connectivity index (χ1v) is 15.9. The van der Waals surface area contributed by atoms with Crippen LogP contribution in [0.25, 0.3) is 0 Å². The van der Waals surface area contributed by atoms with Gasteiger partial charge in [-0.1, -0.05) is 74.7 Å². The van der Waals surface area contributed by atoms with Crippen LogP contribution in [0.4, 0.5) is 0 Å². The molecule has 7 rings (SSSR count). The highest BCUT2D eigenvalue weighted by molar-refractivity contribution is 7.97. The Morgan fingerprint density at radius 3 is 1.63 bits per heavy atom. The monoisotopic (exact) mass is 526 g/mol. The molecule has 4 bridgehead atoms. The minimum Gasteiger partial charge on any atom is -0.550 e. The minimum absolute atomic E-state index is 0.0317. The molecular formula is C35H42O2S. The van der Waals surface area contributed by atoms with Crippen LogP contribution in [0.3, 0.4) is 0 Å². The molecule has 3 aromatic carbocycles. The molecular weight excluding hydrogens is 484 g/mol. The number of unbranched alkanes of at least 4 members (excludes halogenated alkanes) is 3. The lowest BCUT2D eigenvalue weighted by Gasteiger charge is -2.57. The van der Waals surface area contributed by atoms with Gasteiger partial charge in [0.1, 0.15) is 0 Å². The fourth-order valence-electron chi connectivity index (χ4n) is 7.43. The second-order valence-corrected chi connectivity index (χ2v) is 13.9. The normalized spacial score (nSPS) is 25.2. The van der Waals surface area contributed by atoms with Crippen molar-refractivity contribution in [2.75, 3.05) is 0 Å². The third kappa shape index (κ3) is 6.37. The van der Waals surface area contributed by atoms with Crippen molar-refractivity contribution in [3.63, 3.8) is 0 Å². The van der Waals surface area contributed by atoms with E-state index in [1.165, 1.54) is 71.6 Å². The van der Waals surface area contributed by atoms with E-state index in [1.54, 1.807) is 0 Å². The maximum atomic E-state index is 11.1. The highest BCUT2D eigenvalue weighted by Crippen LogP contribution is 2.59. The molecule has 3 aromatic rings. The molecule has 3 heteroatoms. The first kappa shape index (κ1) is 27.1. The maximum Gasteiger partial charge on any atom is 0.166 e. The van der Waals surface area contributed by atoms with Crippen LogP contribution in [0.2, 0.25) is 0 Å². The molecule has 2 nitrogen and oxygen atoms in total. The fourth-order valence-corrected chi connectivity index (χ4v) is 9.51. The molecule has 0 unspecified atom stereocenters. The number of benzene rings is 3. The Kier molecular flexibility index (Phi) is 8.94. The van der Waals surface area contributed by atoms with Gasteiger partial charge >= 0.3 is 0 Å². The van der Waals surface area contributed by atoms with Gasteiger partial charge in [-0.3, -0.25) is 0 Å². The van der Waals surface area contributed by atoms with Gasteiger partial charge in [-0.05, 0) is 111 Å². The van der Waals surface area contributed by atoms with E-state index < -0.39 is 11.4 Å². The average Bonchev–Trinajstić information content (AvgIpc) is 2.93. The van der Waals surface area contributed by atoms with Crippen LogP contribution >= 0.6 is 0 Å². The summed E-state index contributed by atoms with van der Waals surface area (Å²) in [5.74, 6) is 1.38. The summed E-state index contributed by atoms with van der Waals surface area (Å²) in [6.07, 6.45) is 13.1. The lowest BCUT2D eigenvalue weighted by molar-refractivity contribution is -0.327. The average molecular weight is 527 g/mol. The van der Waals surface area contributed by atoms with Gasteiger partial charge < -0.3 is 9.90 Å². The van der Waals surface area contributed by atoms with Crippen molar-refractivity contribution >= 4 is 16.9 Å². The van der Waals surface area contributed by atoms with Crippen LogP contribution in [0.5, 0.6) is 0 Å². The van der Waals surface area contributed by atoms with Crippen molar-refractivity contribution < 1.29 is 9.90 Å². The van der Waals surface area contributed by atoms with E-state index in [2.05, 4.69) is 91.9 Å². The Balaban J connectivity index is 0.000000187. The predicted octanol–water partition coefficient (Wildman–Crippen LogP) is 7.86. The Bertz CT molecular complexity index is 1080. The Morgan fingerprint density at radius 1 is 0.711 bits per heavy atom. The van der Waals surface area contributed by atoms with Gasteiger partial charge in [-0.25, -0.2) is 0 Å². The summed E-state index contributed by atoms with van der Waals surface area (Å²) in [6.45, 7) is 2.27. The molecule has 4 aliphatic rings. The molecule has 0 aliphatic heterocycles. The highest BCUT2D eigenvalue weighted by atomic mass is 32.2. The topological polar surface area (TPSA) is 40.1 Å². The van der Waals surface area contributed by atoms with E-state index in [0.29, 0.717) is 17.8 Å². The molecule has 0 saturated heterocycles. The van der Waals surface area contributed by atoms with E-state index in [0.717, 1.165) is 19.3 Å². The van der Waals surface area contributed by atoms with Crippen LogP contribution in [0.1, 0.15) is 76.7 Å². The van der Waals surface area contributed by atoms with Crippen molar-refractivity contribution in [2.24, 2.45) is 23.2 Å². The number of rotatable bonds is 9. The molecule has 0 radical (unpaired) electrons. The maximum absolute atomic E-state index is 11.1. The molecule has 0 amide bonds. The number of hydrogen-bond acceptors (Lipinski definition) is 2. The van der Waals surface area contributed by atoms with Crippen molar-refractivity contribution in [1.29, 1.82) is 0 Å². The number of hydrogen-bond donors (Lipinski definition) is 0. The SMILES string of the molecule is CCCCCCc1ccc([S+](c2ccccc2)c2ccccc2)cc1.O=C([O-])C12CC3CC(CC(C3)C1)C2. The second kappa shape index (κ2) is 12.6. The molecule has 4 fully saturated rings. The molecule has 200 valence electrons. The molecule has 0 spiro atoms. The summed E-state index contributed by atoms with van der Waals surface area (Å²) in [6, 6.07) is 31.0. The first-order chi connectivity index (χ1) is 18.6. The molecule has 0 N–H and O–H groups in total. The third-order valence-electron chi connectivity index (χ3n) is 8.91. The number of carbonyl (C=O) groups is 1. The zero-order valence-electron chi connectivity index (χ0n) is 22.8. The third-order valence-corrected chi connectivity index (χ3v) is 11.1. The molecule has 38 heavy (non-hydrogen) atoms. The van der Waals surface area contributed by atoms with Gasteiger partial charge in [-0.2, -0.15) is 0 Å². The van der Waals surface area contributed by atoms with Gasteiger partial charge in [0.15, 0.2) is 14.7 Å². The van der Waals surface area contributed by atoms with E-state index >= 15 is 0 Å². The largest absolute Gasteiger partial charge is 0.550 e. The smallest absolute Gasteiger partial charge is 0.166 e. The summed E-state index contributed by atoms with van der Waals surface area (Å²) in [4.78, 5) is 15.3. The molecule has 4 aliphatic carbocycles. The van der Waals surface area contributed by atoms with Crippen molar-refractivity contribution in [1.82, 2.24) is 0 Å². The second-order valence-electron chi connectivity index (χ2n) is 11.9. The van der Waals surface area contributed by atoms with Gasteiger partial charge in [-0.15, -0.1) is 0 Å². The van der Waals surface area contributed by atoms with Crippen LogP contribution in [-0.4, -0.2) is 5.97 Å². The van der Waals surface area contributed by atoms with E-state index in [4.69, 9.17) is 0 Å². The standard InChI is InChI=1S/C24H27S.C11H16O2/c1-2-3-4-7-12-21-17-19-24(20-18-21)25(22-13-8-5-9-14-22)23-15-10-6-11-16-23;12-10(13)11-4-7-1-8(5-11)3-9(2-7)6-11/h5-6,8-11,13-20H,2-4,7,12H2,1H3;7-9H,1-6H2,(H,12,13)/q+1;/p-1. The van der Waals surface area contributed by atoms with Crippen LogP contribution in [-0.2, 0) is 22.1 Å². The lowest BCUT2D eigenvalue weighted by Crippen LogP contribution is -2.54. The Hall–Kier alpha value is -2.52. The fraction of sp³-hybridized carbons (Fsp3) is 0.457. The molecule has 0 aromatic heterocycles. The van der Waals surface area contributed by atoms with E-state index in [-0.39, 0.29) is 10.9 Å². The zero-order chi connectivity index (χ0) is 26.4. The number of aryl methyl sites for hydroxylation is 1. The van der Waals surface area contributed by atoms with Crippen LogP contribution in [0.15, 0.2) is 99.6 Å². The number of carboxylic acids is 1. The van der Waals surface area contributed by atoms with E-state index in [1.807, 2.05) is 0 Å². The minimum atomic E-state index is -0.758. The summed E-state index contributed by atoms with van der Waals surface area (Å²) < 4.78 is 0. The van der Waals surface area contributed by atoms with Crippen LogP contribution < -0.4 is 5.11 Å². The molecule has 0 heterocycles. The van der Waals surface area contributed by atoms with Gasteiger partial charge in [0, 0.05) is 11.4 Å². The number of carbonyl (C=O) groups excluding carboxylic acids is 1. The predicted molar refractivity (Wildman–Crippen MR) is 155 cm³/mol. The zero-order valence-corrected chi connectivity index (χ0v) is 23.6. The summed E-state index contributed by atoms with van der Waals surface area (Å²) in [5, 5.41) is 11.1. The molecule has 0 atom stereocenters. The van der Waals surface area contributed by atoms with Crippen molar-refractivity contribution in [3.05, 3.63) is 90.5 Å². The van der Waals surface area contributed by atoms with Crippen molar-refractivity contribution in [2.45, 2.75) is 92.2 Å². The number of carboxylic acid groups (broad SMARTS) is 1. The van der Waals surface area contributed by atoms with Crippen molar-refractivity contribution in [3.8, 4) is 0 Å². The lowest BCUT2D eigenvalue weighted by atomic mass is 9.49. The van der Waals surface area contributed by atoms with E-state index in [9.17, 15) is 9.90 Å². The number of aliphatic carboxylic acids is 1. The quantitative estimate of drug-likeness (QED) is 0.210. The summed E-state index contributed by atoms with van der Waals surface area (Å²) >= 11 is 0. The van der Waals surface area contributed by atoms with Crippen LogP contribution in [0, 0.1) is 23.2 Å².